The number of nitrogens with zero attached hydrogens (tertiary/aromatic N) is 9. The summed E-state index contributed by atoms with van der Waals surface area (Å²) in [7, 11) is 0. The van der Waals surface area contributed by atoms with Crippen molar-refractivity contribution >= 4 is 29.0 Å². The number of nitrogen functional groups attached to an aromatic ring is 1. The number of benzene rings is 3. The van der Waals surface area contributed by atoms with Crippen molar-refractivity contribution in [2.75, 3.05) is 23.7 Å². The minimum absolute atomic E-state index is 0.000113. The first-order valence-corrected chi connectivity index (χ1v) is 17.4. The third-order valence-corrected chi connectivity index (χ3v) is 9.77. The maximum Gasteiger partial charge on any atom is 0.285 e. The highest BCUT2D eigenvalue weighted by Gasteiger charge is 2.37. The van der Waals surface area contributed by atoms with Crippen LogP contribution in [0.4, 0.5) is 20.4 Å². The SMILES string of the molecule is N#Cc1nc2c([nH]c1=O)-c1ccccc1C2=O.N#Cc1nc2c(nc1N)-c1ccccc1C2=O.N#Cc1nc2c(nc1N1CCC(F)(F)CC1)-c1ccccc1C2=O. The van der Waals surface area contributed by atoms with Crippen LogP contribution in [-0.2, 0) is 0 Å². The number of hydrogen-bond donors (Lipinski definition) is 2. The number of H-pyrrole nitrogens is 1. The second-order valence-corrected chi connectivity index (χ2v) is 13.2. The van der Waals surface area contributed by atoms with Gasteiger partial charge in [0.1, 0.15) is 46.7 Å². The zero-order valence-electron chi connectivity index (χ0n) is 29.7. The van der Waals surface area contributed by atoms with E-state index in [1.807, 2.05) is 18.2 Å². The topological polar surface area (TPSA) is 249 Å². The van der Waals surface area contributed by atoms with Gasteiger partial charge in [0.2, 0.25) is 23.0 Å². The molecule has 1 saturated heterocycles. The van der Waals surface area contributed by atoms with Gasteiger partial charge in [-0.25, -0.2) is 33.7 Å². The highest BCUT2D eigenvalue weighted by atomic mass is 19.3. The monoisotopic (exact) mass is 771 g/mol. The molecule has 15 nitrogen and oxygen atoms in total. The van der Waals surface area contributed by atoms with Crippen LogP contribution in [0, 0.1) is 34.0 Å². The Hall–Kier alpha value is -8.36. The van der Waals surface area contributed by atoms with Gasteiger partial charge in [-0.3, -0.25) is 19.2 Å². The molecule has 0 spiro atoms. The lowest BCUT2D eigenvalue weighted by Crippen LogP contribution is -2.40. The second kappa shape index (κ2) is 14.1. The van der Waals surface area contributed by atoms with Crippen molar-refractivity contribution in [1.29, 1.82) is 15.8 Å². The number of alkyl halides is 2. The number of carbonyl (C=O) groups excluding carboxylic acids is 3. The number of aromatic nitrogens is 6. The van der Waals surface area contributed by atoms with E-state index in [0.717, 1.165) is 5.56 Å². The normalized spacial score (nSPS) is 14.4. The number of piperidine rings is 1. The molecule has 3 aromatic carbocycles. The van der Waals surface area contributed by atoms with Gasteiger partial charge in [0.25, 0.3) is 11.5 Å². The van der Waals surface area contributed by atoms with Crippen LogP contribution in [0.25, 0.3) is 33.8 Å². The fourth-order valence-electron chi connectivity index (χ4n) is 6.93. The summed E-state index contributed by atoms with van der Waals surface area (Å²) >= 11 is 0. The predicted octanol–water partition coefficient (Wildman–Crippen LogP) is 4.79. The molecule has 10 rings (SSSR count). The van der Waals surface area contributed by atoms with Crippen molar-refractivity contribution in [3.8, 4) is 52.0 Å². The minimum atomic E-state index is -2.68. The number of hydrogen-bond acceptors (Lipinski definition) is 14. The number of ketones is 3. The first kappa shape index (κ1) is 36.6. The molecule has 0 radical (unpaired) electrons. The summed E-state index contributed by atoms with van der Waals surface area (Å²) in [6, 6.07) is 26.4. The summed E-state index contributed by atoms with van der Waals surface area (Å²) in [6.45, 7) is 0.204. The van der Waals surface area contributed by atoms with Crippen LogP contribution in [0.2, 0.25) is 0 Å². The van der Waals surface area contributed by atoms with Crippen LogP contribution in [0.15, 0.2) is 77.6 Å². The fraction of sp³-hybridized carbons (Fsp3) is 0.122. The van der Waals surface area contributed by atoms with Gasteiger partial charge in [-0.1, -0.05) is 72.8 Å². The van der Waals surface area contributed by atoms with Gasteiger partial charge in [0.05, 0.1) is 5.69 Å². The van der Waals surface area contributed by atoms with E-state index in [2.05, 4.69) is 29.9 Å². The Morgan fingerprint density at radius 2 is 1.00 bits per heavy atom. The first-order valence-electron chi connectivity index (χ1n) is 17.4. The van der Waals surface area contributed by atoms with Gasteiger partial charge in [0, 0.05) is 59.3 Å². The van der Waals surface area contributed by atoms with Gasteiger partial charge >= 0.3 is 0 Å². The van der Waals surface area contributed by atoms with Gasteiger partial charge < -0.3 is 15.6 Å². The Bertz CT molecular complexity index is 2990. The summed E-state index contributed by atoms with van der Waals surface area (Å²) in [5.74, 6) is -3.09. The quantitative estimate of drug-likeness (QED) is 0.228. The Morgan fingerprint density at radius 1 is 0.569 bits per heavy atom. The molecule has 4 heterocycles. The molecule has 280 valence electrons. The van der Waals surface area contributed by atoms with Crippen molar-refractivity contribution in [2.24, 2.45) is 0 Å². The smallest absolute Gasteiger partial charge is 0.285 e. The Morgan fingerprint density at radius 3 is 1.53 bits per heavy atom. The van der Waals surface area contributed by atoms with Crippen molar-refractivity contribution in [3.63, 3.8) is 0 Å². The lowest BCUT2D eigenvalue weighted by Gasteiger charge is -2.32. The number of nitriles is 3. The van der Waals surface area contributed by atoms with Crippen LogP contribution < -0.4 is 16.2 Å². The number of carbonyl (C=O) groups is 3. The Labute approximate surface area is 325 Å². The summed E-state index contributed by atoms with van der Waals surface area (Å²) in [6.07, 6.45) is -0.571. The summed E-state index contributed by atoms with van der Waals surface area (Å²) < 4.78 is 26.7. The summed E-state index contributed by atoms with van der Waals surface area (Å²) in [5.41, 5.74) is 10.1. The number of aromatic amines is 1. The Balaban J connectivity index is 0.000000124. The molecule has 3 N–H and O–H groups in total. The maximum atomic E-state index is 13.4. The van der Waals surface area contributed by atoms with Crippen LogP contribution in [0.3, 0.4) is 0 Å². The highest BCUT2D eigenvalue weighted by molar-refractivity contribution is 6.21. The molecular weight excluding hydrogens is 749 g/mol. The molecule has 0 atom stereocenters. The van der Waals surface area contributed by atoms with Gasteiger partial charge in [-0.15, -0.1) is 0 Å². The van der Waals surface area contributed by atoms with Crippen molar-refractivity contribution in [1.82, 2.24) is 29.9 Å². The minimum Gasteiger partial charge on any atom is -0.381 e. The second-order valence-electron chi connectivity index (χ2n) is 13.2. The number of fused-ring (bicyclic) bond motifs is 9. The molecule has 0 saturated carbocycles. The van der Waals surface area contributed by atoms with Crippen molar-refractivity contribution < 1.29 is 23.2 Å². The summed E-state index contributed by atoms with van der Waals surface area (Å²) in [4.78, 5) is 72.6. The lowest BCUT2D eigenvalue weighted by atomic mass is 10.1. The van der Waals surface area contributed by atoms with Crippen LogP contribution >= 0.6 is 0 Å². The molecule has 17 heteroatoms. The van der Waals surface area contributed by atoms with Crippen molar-refractivity contribution in [2.45, 2.75) is 18.8 Å². The van der Waals surface area contributed by atoms with E-state index in [-0.39, 0.29) is 89.1 Å². The molecule has 1 aliphatic heterocycles. The van der Waals surface area contributed by atoms with Gasteiger partial charge in [-0.05, 0) is 0 Å². The van der Waals surface area contributed by atoms with E-state index in [1.165, 1.54) is 0 Å². The zero-order valence-corrected chi connectivity index (χ0v) is 29.7. The van der Waals surface area contributed by atoms with E-state index in [1.54, 1.807) is 77.7 Å². The van der Waals surface area contributed by atoms with Gasteiger partial charge in [-0.2, -0.15) is 15.8 Å². The molecule has 0 unspecified atom stereocenters. The van der Waals surface area contributed by atoms with Crippen LogP contribution in [0.1, 0.15) is 78.1 Å². The van der Waals surface area contributed by atoms with Gasteiger partial charge in [0.15, 0.2) is 23.0 Å². The third-order valence-electron chi connectivity index (χ3n) is 9.77. The average molecular weight is 772 g/mol. The van der Waals surface area contributed by atoms with E-state index < -0.39 is 11.5 Å². The molecule has 6 aromatic rings. The van der Waals surface area contributed by atoms with Crippen LogP contribution in [0.5, 0.6) is 0 Å². The number of nitrogens with two attached hydrogens (primary N) is 1. The first-order chi connectivity index (χ1) is 27.9. The number of halogens is 2. The highest BCUT2D eigenvalue weighted by Crippen LogP contribution is 2.38. The standard InChI is InChI=1S/C17H12F2N4O.C12H6N4O.C12H5N3O2/c18-17(19)5-7-23(8-6-17)16-12(9-20)21-14-13(22-16)10-3-1-2-4-11(10)15(14)24;13-5-8-12(14)16-9-6-3-1-2-4-7(6)11(17)10(9)15-8;13-5-8-12(17)15-9-6-3-1-2-4-7(6)11(16)10(9)14-8/h1-4H,5-8H2;1-4H,(H2,14,16);1-4H,(H,15,17). The molecule has 0 amide bonds. The Kier molecular flexibility index (Phi) is 8.87. The summed E-state index contributed by atoms with van der Waals surface area (Å²) in [5, 5.41) is 26.9. The van der Waals surface area contributed by atoms with Crippen molar-refractivity contribution in [3.05, 3.63) is 134 Å². The van der Waals surface area contributed by atoms with E-state index >= 15 is 0 Å². The fourth-order valence-corrected chi connectivity index (χ4v) is 6.93. The zero-order chi connectivity index (χ0) is 40.9. The van der Waals surface area contributed by atoms with E-state index in [9.17, 15) is 33.2 Å². The predicted molar refractivity (Wildman–Crippen MR) is 200 cm³/mol. The molecule has 4 aliphatic rings. The maximum absolute atomic E-state index is 13.4. The number of anilines is 2. The molecular formula is C41H23F2N11O4. The molecule has 3 aromatic heterocycles. The molecule has 0 bridgehead atoms. The average Bonchev–Trinajstić information content (AvgIpc) is 3.79. The largest absolute Gasteiger partial charge is 0.381 e. The molecule has 3 aliphatic carbocycles. The van der Waals surface area contributed by atoms with E-state index in [0.29, 0.717) is 44.9 Å². The molecule has 58 heavy (non-hydrogen) atoms. The molecule has 1 fully saturated rings. The number of nitrogens with one attached hydrogen (secondary N) is 1. The lowest BCUT2D eigenvalue weighted by molar-refractivity contribution is -0.0221. The number of rotatable bonds is 1. The van der Waals surface area contributed by atoms with Crippen LogP contribution in [-0.4, -0.2) is 66.3 Å². The third kappa shape index (κ3) is 6.07. The van der Waals surface area contributed by atoms with E-state index in [4.69, 9.17) is 16.3 Å².